The van der Waals surface area contributed by atoms with E-state index in [4.69, 9.17) is 6.57 Å². The van der Waals surface area contributed by atoms with Crippen molar-refractivity contribution in [3.05, 3.63) is 241 Å². The summed E-state index contributed by atoms with van der Waals surface area (Å²) in [5, 5.41) is 0. The van der Waals surface area contributed by atoms with E-state index >= 15 is 0 Å². The predicted octanol–water partition coefficient (Wildman–Crippen LogP) is 14.3. The number of benzene rings is 6. The molecule has 0 aliphatic rings. The SMILES string of the molecule is Cc1ccc(-c2[c-]cc(F)c(-c3ccccc3)c2)nc1.Cc1ccc(-c2[c-]ccc(-c3ccccc3)c2)nc1.[C-]#[N+]c1ccc(-c2cc[c-]c(-c3ccc(C)cn3)c2)cc1.[Ir].[Ir].[Ir]. The fraction of sp³-hybridized carbons (Fsp3) is 0.0545. The summed E-state index contributed by atoms with van der Waals surface area (Å²) in [6, 6.07) is 64.3. The smallest absolute Gasteiger partial charge is 0.187 e. The quantitative estimate of drug-likeness (QED) is 0.156. The molecule has 0 aliphatic heterocycles. The largest absolute Gasteiger partial charge is 0.304 e. The molecule has 0 N–H and O–H groups in total. The molecule has 0 aliphatic carbocycles. The number of halogens is 1. The zero-order chi connectivity index (χ0) is 41.7. The van der Waals surface area contributed by atoms with Crippen LogP contribution in [0.2, 0.25) is 0 Å². The van der Waals surface area contributed by atoms with Gasteiger partial charge in [0.2, 0.25) is 0 Å². The van der Waals surface area contributed by atoms with Crippen molar-refractivity contribution >= 4 is 5.69 Å². The molecule has 0 spiro atoms. The molecule has 0 bridgehead atoms. The zero-order valence-electron chi connectivity index (χ0n) is 34.6. The molecule has 8 heteroatoms. The number of hydrogen-bond acceptors (Lipinski definition) is 3. The monoisotopic (exact) mass is 1350 g/mol. The summed E-state index contributed by atoms with van der Waals surface area (Å²) in [5.41, 5.74) is 15.6. The Labute approximate surface area is 410 Å². The van der Waals surface area contributed by atoms with E-state index in [2.05, 4.69) is 86.5 Å². The van der Waals surface area contributed by atoms with Crippen LogP contribution in [0.15, 0.2) is 188 Å². The minimum atomic E-state index is -0.271. The van der Waals surface area contributed by atoms with Gasteiger partial charge in [0.1, 0.15) is 0 Å². The summed E-state index contributed by atoms with van der Waals surface area (Å²) in [4.78, 5) is 16.7. The second-order valence-corrected chi connectivity index (χ2v) is 14.1. The number of aryl methyl sites for hydroxylation is 3. The van der Waals surface area contributed by atoms with Gasteiger partial charge in [-0.15, -0.1) is 94.5 Å². The Morgan fingerprint density at radius 2 is 0.857 bits per heavy atom. The van der Waals surface area contributed by atoms with E-state index in [9.17, 15) is 4.39 Å². The number of nitrogens with zero attached hydrogens (tertiary/aromatic N) is 4. The average Bonchev–Trinajstić information content (AvgIpc) is 3.31. The van der Waals surface area contributed by atoms with Crippen LogP contribution in [0, 0.1) is 51.4 Å². The summed E-state index contributed by atoms with van der Waals surface area (Å²) >= 11 is 0. The molecule has 317 valence electrons. The first-order valence-electron chi connectivity index (χ1n) is 19.5. The Bertz CT molecular complexity index is 2830. The van der Waals surface area contributed by atoms with Gasteiger partial charge in [0, 0.05) is 84.7 Å². The molecule has 9 aromatic rings. The third-order valence-electron chi connectivity index (χ3n) is 9.59. The van der Waals surface area contributed by atoms with E-state index in [-0.39, 0.29) is 66.1 Å². The molecular weight excluding hydrogens is 1310 g/mol. The molecule has 6 aromatic carbocycles. The first-order valence-corrected chi connectivity index (χ1v) is 19.5. The Morgan fingerprint density at radius 3 is 1.27 bits per heavy atom. The standard InChI is InChI=1S/C19H13N2.C18H13FN.C18H14N.3Ir/c1-14-6-11-19(21-13-14)17-5-3-4-16(12-17)15-7-9-18(20-2)10-8-15;1-13-7-10-18(20-12-13)15-8-9-17(19)16(11-15)14-5-3-2-4-6-14;1-14-10-11-18(19-13-14)17-9-5-8-16(12-17)15-6-3-2-4-7-15;;;/h3-4,6-13H,1H3;2-7,9-12H,1H3;2-8,10-13H,1H3;;;/q3*-1;;;. The normalized spacial score (nSPS) is 9.83. The van der Waals surface area contributed by atoms with E-state index in [0.29, 0.717) is 11.3 Å². The van der Waals surface area contributed by atoms with Crippen molar-refractivity contribution in [1.29, 1.82) is 0 Å². The summed E-state index contributed by atoms with van der Waals surface area (Å²) in [6.45, 7) is 13.0. The summed E-state index contributed by atoms with van der Waals surface area (Å²) in [6.07, 6.45) is 5.55. The van der Waals surface area contributed by atoms with Crippen LogP contribution in [-0.4, -0.2) is 15.0 Å². The van der Waals surface area contributed by atoms with Crippen molar-refractivity contribution in [2.45, 2.75) is 20.8 Å². The summed E-state index contributed by atoms with van der Waals surface area (Å²) in [7, 11) is 0. The van der Waals surface area contributed by atoms with E-state index < -0.39 is 0 Å². The second kappa shape index (κ2) is 24.7. The fourth-order valence-electron chi connectivity index (χ4n) is 6.29. The topological polar surface area (TPSA) is 43.0 Å². The Balaban J connectivity index is 0.000000203. The van der Waals surface area contributed by atoms with E-state index in [1.807, 2.05) is 142 Å². The van der Waals surface area contributed by atoms with Crippen LogP contribution in [0.1, 0.15) is 16.7 Å². The van der Waals surface area contributed by atoms with Crippen molar-refractivity contribution < 1.29 is 64.7 Å². The van der Waals surface area contributed by atoms with Gasteiger partial charge in [-0.2, -0.15) is 0 Å². The molecule has 3 aromatic heterocycles. The molecule has 63 heavy (non-hydrogen) atoms. The number of pyridine rings is 3. The van der Waals surface area contributed by atoms with Gasteiger partial charge in [-0.25, -0.2) is 4.85 Å². The maximum Gasteiger partial charge on any atom is 0.187 e. The predicted molar refractivity (Wildman–Crippen MR) is 242 cm³/mol. The molecule has 9 rings (SSSR count). The van der Waals surface area contributed by atoms with Gasteiger partial charge in [-0.1, -0.05) is 127 Å². The van der Waals surface area contributed by atoms with E-state index in [1.165, 1.54) is 22.8 Å². The van der Waals surface area contributed by atoms with Crippen LogP contribution in [0.3, 0.4) is 0 Å². The molecule has 0 saturated carbocycles. The van der Waals surface area contributed by atoms with Gasteiger partial charge >= 0.3 is 0 Å². The van der Waals surface area contributed by atoms with Gasteiger partial charge in [-0.3, -0.25) is 4.39 Å². The molecule has 0 amide bonds. The summed E-state index contributed by atoms with van der Waals surface area (Å²) in [5.74, 6) is -0.271. The molecule has 3 heterocycles. The van der Waals surface area contributed by atoms with Gasteiger partial charge < -0.3 is 15.0 Å². The van der Waals surface area contributed by atoms with Crippen LogP contribution in [0.25, 0.3) is 72.0 Å². The Morgan fingerprint density at radius 1 is 0.444 bits per heavy atom. The van der Waals surface area contributed by atoms with Crippen LogP contribution in [0.4, 0.5) is 10.1 Å². The third kappa shape index (κ3) is 13.8. The van der Waals surface area contributed by atoms with E-state index in [0.717, 1.165) is 61.6 Å². The van der Waals surface area contributed by atoms with Crippen molar-refractivity contribution in [2.75, 3.05) is 0 Å². The van der Waals surface area contributed by atoms with Crippen LogP contribution in [0.5, 0.6) is 0 Å². The molecule has 0 atom stereocenters. The molecule has 0 saturated heterocycles. The van der Waals surface area contributed by atoms with Crippen molar-refractivity contribution in [3.63, 3.8) is 0 Å². The van der Waals surface area contributed by atoms with Gasteiger partial charge in [0.15, 0.2) is 5.69 Å². The van der Waals surface area contributed by atoms with E-state index in [1.54, 1.807) is 12.3 Å². The minimum Gasteiger partial charge on any atom is -0.304 e. The van der Waals surface area contributed by atoms with Gasteiger partial charge in [-0.05, 0) is 71.2 Å². The molecular formula is C55H40FIr3N4-3. The van der Waals surface area contributed by atoms with Gasteiger partial charge in [0.25, 0.3) is 0 Å². The fourth-order valence-corrected chi connectivity index (χ4v) is 6.29. The maximum atomic E-state index is 14.0. The second-order valence-electron chi connectivity index (χ2n) is 14.1. The molecule has 3 radical (unpaired) electrons. The minimum absolute atomic E-state index is 0. The molecule has 0 unspecified atom stereocenters. The number of hydrogen-bond donors (Lipinski definition) is 0. The summed E-state index contributed by atoms with van der Waals surface area (Å²) < 4.78 is 14.0. The zero-order valence-corrected chi connectivity index (χ0v) is 41.8. The van der Waals surface area contributed by atoms with Crippen LogP contribution in [-0.2, 0) is 60.3 Å². The van der Waals surface area contributed by atoms with Gasteiger partial charge in [0.05, 0.1) is 6.57 Å². The van der Waals surface area contributed by atoms with Crippen molar-refractivity contribution in [2.24, 2.45) is 0 Å². The first-order chi connectivity index (χ1) is 29.3. The number of aromatic nitrogens is 3. The van der Waals surface area contributed by atoms with Crippen LogP contribution < -0.4 is 0 Å². The van der Waals surface area contributed by atoms with Crippen LogP contribution >= 0.6 is 0 Å². The average molecular weight is 1350 g/mol. The Kier molecular flexibility index (Phi) is 19.5. The first kappa shape index (κ1) is 49.8. The molecule has 0 fully saturated rings. The van der Waals surface area contributed by atoms with Crippen molar-refractivity contribution in [3.8, 4) is 67.2 Å². The number of rotatable bonds is 6. The van der Waals surface area contributed by atoms with Crippen molar-refractivity contribution in [1.82, 2.24) is 15.0 Å². The Hall–Kier alpha value is -5.86. The molecule has 4 nitrogen and oxygen atoms in total. The maximum absolute atomic E-state index is 14.0. The third-order valence-corrected chi connectivity index (χ3v) is 9.59.